The van der Waals surface area contributed by atoms with Crippen LogP contribution in [0.3, 0.4) is 0 Å². The maximum Gasteiger partial charge on any atom is 0.209 e. The van der Waals surface area contributed by atoms with Gasteiger partial charge in [0, 0.05) is 25.3 Å². The highest BCUT2D eigenvalue weighted by Gasteiger charge is 2.18. The average molecular weight is 328 g/mol. The van der Waals surface area contributed by atoms with E-state index < -0.39 is 0 Å². The second-order valence-corrected chi connectivity index (χ2v) is 5.97. The molecule has 0 aliphatic carbocycles. The van der Waals surface area contributed by atoms with Crippen molar-refractivity contribution in [3.8, 4) is 0 Å². The molecule has 4 nitrogen and oxygen atoms in total. The Morgan fingerprint density at radius 2 is 1.96 bits per heavy atom. The van der Waals surface area contributed by atoms with E-state index in [1.165, 1.54) is 17.7 Å². The number of fused-ring (bicyclic) bond motifs is 1. The average Bonchev–Trinajstić information content (AvgIpc) is 2.97. The fourth-order valence-corrected chi connectivity index (χ4v) is 2.74. The highest BCUT2D eigenvalue weighted by Crippen LogP contribution is 2.20. The molecular weight excluding hydrogens is 307 g/mol. The van der Waals surface area contributed by atoms with Gasteiger partial charge in [-0.1, -0.05) is 30.3 Å². The van der Waals surface area contributed by atoms with Crippen LogP contribution >= 0.6 is 0 Å². The smallest absolute Gasteiger partial charge is 0.209 e. The molecule has 0 bridgehead atoms. The van der Waals surface area contributed by atoms with Gasteiger partial charge in [-0.05, 0) is 31.0 Å². The minimum Gasteiger partial charge on any atom is -0.439 e. The minimum atomic E-state index is -0.322. The lowest BCUT2D eigenvalue weighted by Crippen LogP contribution is -2.33. The second-order valence-electron chi connectivity index (χ2n) is 5.97. The normalized spacial score (nSPS) is 12.8. The van der Waals surface area contributed by atoms with Crippen LogP contribution in [-0.4, -0.2) is 27.6 Å². The Labute approximate surface area is 140 Å². The van der Waals surface area contributed by atoms with Gasteiger partial charge in [0.05, 0.1) is 6.54 Å². The van der Waals surface area contributed by atoms with Crippen LogP contribution in [0.25, 0.3) is 11.1 Å². The van der Waals surface area contributed by atoms with E-state index in [9.17, 15) is 9.50 Å². The lowest BCUT2D eigenvalue weighted by atomic mass is 10.1. The van der Waals surface area contributed by atoms with Crippen LogP contribution in [0.15, 0.2) is 52.9 Å². The van der Waals surface area contributed by atoms with Crippen LogP contribution in [-0.2, 0) is 13.1 Å². The Kier molecular flexibility index (Phi) is 5.23. The molecule has 1 N–H and O–H groups in total. The molecule has 2 aromatic carbocycles. The molecule has 0 spiro atoms. The molecule has 0 fully saturated rings. The summed E-state index contributed by atoms with van der Waals surface area (Å²) in [5.74, 6) is 0.230. The number of hydrogen-bond donors (Lipinski definition) is 1. The van der Waals surface area contributed by atoms with E-state index in [0.717, 1.165) is 6.54 Å². The molecule has 3 rings (SSSR count). The number of aliphatic hydroxyl groups is 1. The number of aliphatic hydroxyl groups excluding tert-OH is 1. The van der Waals surface area contributed by atoms with Crippen LogP contribution in [0.2, 0.25) is 0 Å². The molecule has 3 aromatic rings. The summed E-state index contributed by atoms with van der Waals surface area (Å²) in [5, 5.41) is 9.26. The molecule has 0 aliphatic rings. The van der Waals surface area contributed by atoms with Crippen LogP contribution in [0.4, 0.5) is 4.39 Å². The number of aromatic nitrogens is 1. The third-order valence-corrected chi connectivity index (χ3v) is 4.13. The number of oxazole rings is 1. The van der Waals surface area contributed by atoms with E-state index in [-0.39, 0.29) is 18.5 Å². The fraction of sp³-hybridized carbons (Fsp3) is 0.316. The summed E-state index contributed by atoms with van der Waals surface area (Å²) in [6, 6.07) is 14.6. The Balaban J connectivity index is 1.81. The van der Waals surface area contributed by atoms with E-state index in [1.54, 1.807) is 6.07 Å². The van der Waals surface area contributed by atoms with Crippen molar-refractivity contribution < 1.29 is 13.9 Å². The third-order valence-electron chi connectivity index (χ3n) is 4.13. The quantitative estimate of drug-likeness (QED) is 0.718. The summed E-state index contributed by atoms with van der Waals surface area (Å²) >= 11 is 0. The predicted octanol–water partition coefficient (Wildman–Crippen LogP) is 3.74. The predicted molar refractivity (Wildman–Crippen MR) is 90.8 cm³/mol. The zero-order valence-electron chi connectivity index (χ0n) is 13.7. The molecule has 1 atom stereocenters. The molecule has 24 heavy (non-hydrogen) atoms. The summed E-state index contributed by atoms with van der Waals surface area (Å²) in [7, 11) is 0. The first-order valence-corrected chi connectivity index (χ1v) is 8.09. The Morgan fingerprint density at radius 1 is 1.17 bits per heavy atom. The van der Waals surface area contributed by atoms with Crippen molar-refractivity contribution >= 4 is 11.1 Å². The van der Waals surface area contributed by atoms with Crippen molar-refractivity contribution in [3.05, 3.63) is 65.8 Å². The zero-order valence-corrected chi connectivity index (χ0v) is 13.7. The molecule has 126 valence electrons. The molecule has 1 heterocycles. The van der Waals surface area contributed by atoms with Gasteiger partial charge in [0.15, 0.2) is 5.58 Å². The highest BCUT2D eigenvalue weighted by molar-refractivity contribution is 5.72. The molecule has 1 aromatic heterocycles. The summed E-state index contributed by atoms with van der Waals surface area (Å²) in [4.78, 5) is 6.59. The van der Waals surface area contributed by atoms with Crippen molar-refractivity contribution in [2.24, 2.45) is 0 Å². The van der Waals surface area contributed by atoms with Gasteiger partial charge in [0.25, 0.3) is 0 Å². The van der Waals surface area contributed by atoms with Crippen LogP contribution in [0, 0.1) is 5.82 Å². The van der Waals surface area contributed by atoms with E-state index in [1.807, 2.05) is 18.2 Å². The molecule has 0 saturated carbocycles. The first kappa shape index (κ1) is 16.6. The molecule has 0 saturated heterocycles. The van der Waals surface area contributed by atoms with E-state index in [4.69, 9.17) is 4.42 Å². The van der Waals surface area contributed by atoms with E-state index >= 15 is 0 Å². The SMILES string of the molecule is CC(CCO)N(Cc1ccccc1)Cc1nc2cc(F)ccc2o1. The van der Waals surface area contributed by atoms with Crippen molar-refractivity contribution in [3.63, 3.8) is 0 Å². The minimum absolute atomic E-state index is 0.130. The molecule has 1 unspecified atom stereocenters. The van der Waals surface area contributed by atoms with Gasteiger partial charge in [-0.2, -0.15) is 0 Å². The molecule has 0 aliphatic heterocycles. The maximum absolute atomic E-state index is 13.3. The monoisotopic (exact) mass is 328 g/mol. The van der Waals surface area contributed by atoms with Crippen molar-refractivity contribution in [2.75, 3.05) is 6.61 Å². The molecule has 0 amide bonds. The third kappa shape index (κ3) is 3.99. The van der Waals surface area contributed by atoms with Crippen LogP contribution in [0.1, 0.15) is 24.8 Å². The summed E-state index contributed by atoms with van der Waals surface area (Å²) in [5.41, 5.74) is 2.30. The number of halogens is 1. The van der Waals surface area contributed by atoms with Crippen molar-refractivity contribution in [1.82, 2.24) is 9.88 Å². The summed E-state index contributed by atoms with van der Waals surface area (Å²) < 4.78 is 19.0. The second kappa shape index (κ2) is 7.55. The van der Waals surface area contributed by atoms with Gasteiger partial charge < -0.3 is 9.52 Å². The Morgan fingerprint density at radius 3 is 2.71 bits per heavy atom. The lowest BCUT2D eigenvalue weighted by Gasteiger charge is -2.27. The van der Waals surface area contributed by atoms with E-state index in [2.05, 4.69) is 28.9 Å². The van der Waals surface area contributed by atoms with Gasteiger partial charge in [-0.3, -0.25) is 4.90 Å². The number of nitrogens with zero attached hydrogens (tertiary/aromatic N) is 2. The fourth-order valence-electron chi connectivity index (χ4n) is 2.74. The first-order chi connectivity index (χ1) is 11.7. The molecule has 5 heteroatoms. The van der Waals surface area contributed by atoms with Crippen LogP contribution in [0.5, 0.6) is 0 Å². The zero-order chi connectivity index (χ0) is 16.9. The Hall–Kier alpha value is -2.24. The summed E-state index contributed by atoms with van der Waals surface area (Å²) in [6.45, 7) is 3.44. The Bertz CT molecular complexity index is 788. The van der Waals surface area contributed by atoms with Gasteiger partial charge in [0.1, 0.15) is 11.3 Å². The van der Waals surface area contributed by atoms with E-state index in [0.29, 0.717) is 30.0 Å². The largest absolute Gasteiger partial charge is 0.439 e. The first-order valence-electron chi connectivity index (χ1n) is 8.09. The number of hydrogen-bond acceptors (Lipinski definition) is 4. The highest BCUT2D eigenvalue weighted by atomic mass is 19.1. The van der Waals surface area contributed by atoms with Crippen molar-refractivity contribution in [2.45, 2.75) is 32.5 Å². The maximum atomic E-state index is 13.3. The van der Waals surface area contributed by atoms with Crippen LogP contribution < -0.4 is 0 Å². The van der Waals surface area contributed by atoms with Gasteiger partial charge in [-0.15, -0.1) is 0 Å². The van der Waals surface area contributed by atoms with Gasteiger partial charge in [-0.25, -0.2) is 9.37 Å². The lowest BCUT2D eigenvalue weighted by molar-refractivity contribution is 0.142. The number of rotatable bonds is 7. The molecular formula is C19H21FN2O2. The molecule has 0 radical (unpaired) electrons. The van der Waals surface area contributed by atoms with Crippen molar-refractivity contribution in [1.29, 1.82) is 0 Å². The standard InChI is InChI=1S/C19H21FN2O2/c1-14(9-10-23)22(12-15-5-3-2-4-6-15)13-19-21-17-11-16(20)7-8-18(17)24-19/h2-8,11,14,23H,9-10,12-13H2,1H3. The number of benzene rings is 2. The van der Waals surface area contributed by atoms with Gasteiger partial charge in [0.2, 0.25) is 5.89 Å². The topological polar surface area (TPSA) is 49.5 Å². The van der Waals surface area contributed by atoms with Gasteiger partial charge >= 0.3 is 0 Å². The summed E-state index contributed by atoms with van der Waals surface area (Å²) in [6.07, 6.45) is 0.668.